The second-order valence-corrected chi connectivity index (χ2v) is 6.29. The maximum atomic E-state index is 12.8. The molecule has 2 aromatic rings. The highest BCUT2D eigenvalue weighted by atomic mass is 16.4. The molecular weight excluding hydrogens is 296 g/mol. The Balaban J connectivity index is 1.95. The van der Waals surface area contributed by atoms with E-state index in [0.717, 1.165) is 17.5 Å². The third kappa shape index (κ3) is 2.67. The minimum atomic E-state index is -0.948. The second kappa shape index (κ2) is 5.64. The number of aliphatic carboxylic acids is 1. The molecule has 1 saturated heterocycles. The first-order chi connectivity index (χ1) is 10.9. The number of carbonyl (C=O) groups is 2. The van der Waals surface area contributed by atoms with E-state index < -0.39 is 12.0 Å². The van der Waals surface area contributed by atoms with Crippen LogP contribution in [0.5, 0.6) is 0 Å². The Morgan fingerprint density at radius 2 is 2.13 bits per heavy atom. The zero-order chi connectivity index (χ0) is 16.7. The average Bonchev–Trinajstić information content (AvgIpc) is 2.80. The molecule has 2 atom stereocenters. The quantitative estimate of drug-likeness (QED) is 0.909. The van der Waals surface area contributed by atoms with Gasteiger partial charge in [-0.05, 0) is 31.7 Å². The van der Waals surface area contributed by atoms with Gasteiger partial charge in [0.2, 0.25) is 0 Å². The van der Waals surface area contributed by atoms with Gasteiger partial charge in [-0.3, -0.25) is 9.48 Å². The summed E-state index contributed by atoms with van der Waals surface area (Å²) in [5, 5.41) is 14.5. The van der Waals surface area contributed by atoms with Crippen LogP contribution < -0.4 is 0 Å². The highest BCUT2D eigenvalue weighted by Gasteiger charge is 2.35. The Kier molecular flexibility index (Phi) is 3.79. The summed E-state index contributed by atoms with van der Waals surface area (Å²) in [6.45, 7) is 4.34. The van der Waals surface area contributed by atoms with Crippen molar-refractivity contribution in [2.75, 3.05) is 6.54 Å². The minimum Gasteiger partial charge on any atom is -0.480 e. The zero-order valence-corrected chi connectivity index (χ0v) is 13.5. The van der Waals surface area contributed by atoms with Crippen molar-refractivity contribution in [3.8, 4) is 0 Å². The number of hydrogen-bond donors (Lipinski definition) is 1. The summed E-state index contributed by atoms with van der Waals surface area (Å²) in [7, 11) is 1.80. The standard InChI is InChI=1S/C16H20N4O3/c1-9-4-5-20(13(6-9)16(22)23)15(21)11-7-12-10(2)18-19(3)14(12)17-8-11/h7-9,13H,4-6H2,1-3H3,(H,22,23). The largest absolute Gasteiger partial charge is 0.480 e. The number of carboxylic acid groups (broad SMARTS) is 1. The van der Waals surface area contributed by atoms with Crippen molar-refractivity contribution in [2.24, 2.45) is 13.0 Å². The molecule has 3 rings (SSSR count). The number of fused-ring (bicyclic) bond motifs is 1. The van der Waals surface area contributed by atoms with E-state index in [0.29, 0.717) is 30.1 Å². The van der Waals surface area contributed by atoms with Crippen LogP contribution >= 0.6 is 0 Å². The molecule has 2 unspecified atom stereocenters. The first kappa shape index (κ1) is 15.5. The first-order valence-corrected chi connectivity index (χ1v) is 7.71. The van der Waals surface area contributed by atoms with Gasteiger partial charge in [-0.2, -0.15) is 5.10 Å². The molecule has 0 bridgehead atoms. The van der Waals surface area contributed by atoms with Crippen molar-refractivity contribution in [1.29, 1.82) is 0 Å². The lowest BCUT2D eigenvalue weighted by atomic mass is 9.92. The van der Waals surface area contributed by atoms with Crippen LogP contribution in [0.25, 0.3) is 11.0 Å². The summed E-state index contributed by atoms with van der Waals surface area (Å²) in [6, 6.07) is 0.987. The molecule has 1 aliphatic heterocycles. The van der Waals surface area contributed by atoms with Gasteiger partial charge in [0.15, 0.2) is 5.65 Å². The van der Waals surface area contributed by atoms with Gasteiger partial charge in [0.25, 0.3) is 5.91 Å². The summed E-state index contributed by atoms with van der Waals surface area (Å²) in [5.74, 6) is -0.917. The fourth-order valence-corrected chi connectivity index (χ4v) is 3.21. The van der Waals surface area contributed by atoms with Crippen molar-refractivity contribution in [3.05, 3.63) is 23.5 Å². The van der Waals surface area contributed by atoms with Crippen molar-refractivity contribution in [3.63, 3.8) is 0 Å². The Labute approximate surface area is 133 Å². The first-order valence-electron chi connectivity index (χ1n) is 7.71. The van der Waals surface area contributed by atoms with E-state index >= 15 is 0 Å². The molecule has 23 heavy (non-hydrogen) atoms. The van der Waals surface area contributed by atoms with Gasteiger partial charge in [0, 0.05) is 25.2 Å². The van der Waals surface area contributed by atoms with Crippen molar-refractivity contribution in [1.82, 2.24) is 19.7 Å². The number of amides is 1. The molecule has 3 heterocycles. The molecule has 0 aliphatic carbocycles. The van der Waals surface area contributed by atoms with E-state index in [9.17, 15) is 14.7 Å². The lowest BCUT2D eigenvalue weighted by molar-refractivity contribution is -0.144. The van der Waals surface area contributed by atoms with Crippen LogP contribution in [0.15, 0.2) is 12.3 Å². The van der Waals surface area contributed by atoms with Gasteiger partial charge >= 0.3 is 5.97 Å². The van der Waals surface area contributed by atoms with E-state index in [2.05, 4.69) is 10.1 Å². The number of nitrogens with zero attached hydrogens (tertiary/aromatic N) is 4. The van der Waals surface area contributed by atoms with Crippen LogP contribution in [0.1, 0.15) is 35.8 Å². The number of piperidine rings is 1. The van der Waals surface area contributed by atoms with Gasteiger partial charge in [-0.25, -0.2) is 9.78 Å². The van der Waals surface area contributed by atoms with Gasteiger partial charge < -0.3 is 10.0 Å². The number of carboxylic acids is 1. The third-order valence-electron chi connectivity index (χ3n) is 4.52. The van der Waals surface area contributed by atoms with E-state index in [1.165, 1.54) is 11.1 Å². The lowest BCUT2D eigenvalue weighted by Crippen LogP contribution is -2.49. The second-order valence-electron chi connectivity index (χ2n) is 6.29. The molecular formula is C16H20N4O3. The molecule has 2 aromatic heterocycles. The Morgan fingerprint density at radius 1 is 1.39 bits per heavy atom. The molecule has 1 fully saturated rings. The number of carbonyl (C=O) groups excluding carboxylic acids is 1. The Bertz CT molecular complexity index is 783. The molecule has 1 aliphatic rings. The molecule has 0 radical (unpaired) electrons. The molecule has 7 nitrogen and oxygen atoms in total. The molecule has 0 saturated carbocycles. The summed E-state index contributed by atoms with van der Waals surface area (Å²) >= 11 is 0. The number of aryl methyl sites for hydroxylation is 2. The van der Waals surface area contributed by atoms with Crippen molar-refractivity contribution < 1.29 is 14.7 Å². The van der Waals surface area contributed by atoms with Crippen molar-refractivity contribution >= 4 is 22.9 Å². The van der Waals surface area contributed by atoms with Crippen LogP contribution in [0, 0.1) is 12.8 Å². The lowest BCUT2D eigenvalue weighted by Gasteiger charge is -2.36. The van der Waals surface area contributed by atoms with E-state index in [1.807, 2.05) is 13.8 Å². The maximum absolute atomic E-state index is 12.8. The van der Waals surface area contributed by atoms with Gasteiger partial charge in [0.05, 0.1) is 11.3 Å². The number of likely N-dealkylation sites (tertiary alicyclic amines) is 1. The summed E-state index contributed by atoms with van der Waals surface area (Å²) in [6.07, 6.45) is 2.81. The van der Waals surface area contributed by atoms with Crippen LogP contribution in [0.3, 0.4) is 0 Å². The van der Waals surface area contributed by atoms with Crippen molar-refractivity contribution in [2.45, 2.75) is 32.7 Å². The molecule has 1 N–H and O–H groups in total. The number of aromatic nitrogens is 3. The predicted molar refractivity (Wildman–Crippen MR) is 84.1 cm³/mol. The number of hydrogen-bond acceptors (Lipinski definition) is 4. The van der Waals surface area contributed by atoms with Gasteiger partial charge in [-0.1, -0.05) is 6.92 Å². The summed E-state index contributed by atoms with van der Waals surface area (Å²) in [4.78, 5) is 30.0. The van der Waals surface area contributed by atoms with Crippen LogP contribution in [0.2, 0.25) is 0 Å². The average molecular weight is 316 g/mol. The number of rotatable bonds is 2. The Hall–Kier alpha value is -2.44. The molecule has 1 amide bonds. The van der Waals surface area contributed by atoms with Gasteiger partial charge in [-0.15, -0.1) is 0 Å². The topological polar surface area (TPSA) is 88.3 Å². The molecule has 7 heteroatoms. The molecule has 122 valence electrons. The normalized spacial score (nSPS) is 21.6. The fourth-order valence-electron chi connectivity index (χ4n) is 3.21. The number of pyridine rings is 1. The summed E-state index contributed by atoms with van der Waals surface area (Å²) in [5.41, 5.74) is 1.92. The monoisotopic (exact) mass is 316 g/mol. The maximum Gasteiger partial charge on any atom is 0.326 e. The molecule has 0 spiro atoms. The van der Waals surface area contributed by atoms with E-state index in [1.54, 1.807) is 17.8 Å². The van der Waals surface area contributed by atoms with Crippen LogP contribution in [-0.2, 0) is 11.8 Å². The van der Waals surface area contributed by atoms with Gasteiger partial charge in [0.1, 0.15) is 6.04 Å². The summed E-state index contributed by atoms with van der Waals surface area (Å²) < 4.78 is 1.67. The van der Waals surface area contributed by atoms with E-state index in [4.69, 9.17) is 0 Å². The fraction of sp³-hybridized carbons (Fsp3) is 0.500. The zero-order valence-electron chi connectivity index (χ0n) is 13.5. The third-order valence-corrected chi connectivity index (χ3v) is 4.52. The highest BCUT2D eigenvalue weighted by molar-refractivity contribution is 5.99. The SMILES string of the molecule is Cc1nn(C)c2ncc(C(=O)N3CCC(C)CC3C(=O)O)cc12. The predicted octanol–water partition coefficient (Wildman–Crippen LogP) is 1.60. The smallest absolute Gasteiger partial charge is 0.326 e. The Morgan fingerprint density at radius 3 is 2.83 bits per heavy atom. The minimum absolute atomic E-state index is 0.276. The highest BCUT2D eigenvalue weighted by Crippen LogP contribution is 2.25. The van der Waals surface area contributed by atoms with Crippen LogP contribution in [0.4, 0.5) is 0 Å². The van der Waals surface area contributed by atoms with Crippen LogP contribution in [-0.4, -0.2) is 49.2 Å². The van der Waals surface area contributed by atoms with E-state index in [-0.39, 0.29) is 5.91 Å². The molecule has 0 aromatic carbocycles.